The molecule has 0 rings (SSSR count). The highest BCUT2D eigenvalue weighted by Crippen LogP contribution is 2.13. The average molecular weight is 300 g/mol. The summed E-state index contributed by atoms with van der Waals surface area (Å²) in [5.41, 5.74) is 10.4. The lowest BCUT2D eigenvalue weighted by Gasteiger charge is -2.19. The molecule has 0 aromatic heterocycles. The van der Waals surface area contributed by atoms with Gasteiger partial charge in [0.2, 0.25) is 5.91 Å². The number of hydrogen-bond donors (Lipinski definition) is 4. The van der Waals surface area contributed by atoms with Crippen LogP contribution in [0.25, 0.3) is 0 Å². The molecule has 0 radical (unpaired) electrons. The van der Waals surface area contributed by atoms with Crippen molar-refractivity contribution < 1.29 is 14.7 Å². The van der Waals surface area contributed by atoms with Gasteiger partial charge in [-0.15, -0.1) is 0 Å². The van der Waals surface area contributed by atoms with Crippen LogP contribution in [0.3, 0.4) is 0 Å². The lowest BCUT2D eigenvalue weighted by Crippen LogP contribution is -2.43. The van der Waals surface area contributed by atoms with Gasteiger partial charge in [-0.05, 0) is 25.7 Å². The Labute approximate surface area is 126 Å². The highest BCUT2D eigenvalue weighted by Gasteiger charge is 2.23. The summed E-state index contributed by atoms with van der Waals surface area (Å²) in [7, 11) is 0. The van der Waals surface area contributed by atoms with E-state index in [0.717, 1.165) is 19.3 Å². The quantitative estimate of drug-likeness (QED) is 0.255. The SMILES string of the molecule is CCCCC(CC)C(=O)NC(CCCN=C(N)N)C(=O)O. The maximum absolute atomic E-state index is 12.1. The first kappa shape index (κ1) is 19.2. The predicted molar refractivity (Wildman–Crippen MR) is 82.8 cm³/mol. The van der Waals surface area contributed by atoms with Crippen molar-refractivity contribution in [2.24, 2.45) is 22.4 Å². The summed E-state index contributed by atoms with van der Waals surface area (Å²) in [6.45, 7) is 4.36. The summed E-state index contributed by atoms with van der Waals surface area (Å²) in [5.74, 6) is -1.35. The summed E-state index contributed by atoms with van der Waals surface area (Å²) in [5, 5.41) is 11.8. The zero-order valence-electron chi connectivity index (χ0n) is 13.0. The molecule has 7 heteroatoms. The number of carboxylic acid groups (broad SMARTS) is 1. The molecule has 0 aliphatic rings. The molecule has 1 amide bonds. The van der Waals surface area contributed by atoms with E-state index in [1.807, 2.05) is 6.92 Å². The summed E-state index contributed by atoms with van der Waals surface area (Å²) < 4.78 is 0. The molecular formula is C14H28N4O3. The molecule has 0 saturated carbocycles. The van der Waals surface area contributed by atoms with Gasteiger partial charge in [-0.25, -0.2) is 4.79 Å². The van der Waals surface area contributed by atoms with Gasteiger partial charge < -0.3 is 21.9 Å². The largest absolute Gasteiger partial charge is 0.480 e. The van der Waals surface area contributed by atoms with E-state index in [1.54, 1.807) is 0 Å². The van der Waals surface area contributed by atoms with Crippen molar-refractivity contribution in [2.45, 2.75) is 58.4 Å². The van der Waals surface area contributed by atoms with Crippen LogP contribution < -0.4 is 16.8 Å². The van der Waals surface area contributed by atoms with Gasteiger partial charge in [0.05, 0.1) is 0 Å². The van der Waals surface area contributed by atoms with Crippen LogP contribution in [0.1, 0.15) is 52.4 Å². The number of guanidine groups is 1. The first-order valence-electron chi connectivity index (χ1n) is 7.50. The number of aliphatic carboxylic acids is 1. The Morgan fingerprint density at radius 2 is 1.86 bits per heavy atom. The highest BCUT2D eigenvalue weighted by molar-refractivity contribution is 5.84. The normalized spacial score (nSPS) is 13.2. The average Bonchev–Trinajstić information content (AvgIpc) is 2.42. The van der Waals surface area contributed by atoms with Crippen LogP contribution in [0.15, 0.2) is 4.99 Å². The van der Waals surface area contributed by atoms with Gasteiger partial charge in [0.25, 0.3) is 0 Å². The maximum Gasteiger partial charge on any atom is 0.326 e. The molecule has 21 heavy (non-hydrogen) atoms. The molecule has 0 heterocycles. The number of amides is 1. The predicted octanol–water partition coefficient (Wildman–Crippen LogP) is 0.826. The van der Waals surface area contributed by atoms with Crippen LogP contribution in [0.5, 0.6) is 0 Å². The number of rotatable bonds is 11. The Balaban J connectivity index is 4.37. The Morgan fingerprint density at radius 3 is 2.33 bits per heavy atom. The van der Waals surface area contributed by atoms with E-state index in [4.69, 9.17) is 16.6 Å². The van der Waals surface area contributed by atoms with Gasteiger partial charge in [0, 0.05) is 12.5 Å². The maximum atomic E-state index is 12.1. The van der Waals surface area contributed by atoms with E-state index in [1.165, 1.54) is 0 Å². The van der Waals surface area contributed by atoms with E-state index in [-0.39, 0.29) is 17.8 Å². The van der Waals surface area contributed by atoms with Gasteiger partial charge in [-0.3, -0.25) is 9.79 Å². The minimum atomic E-state index is -1.03. The van der Waals surface area contributed by atoms with Crippen LogP contribution in [0, 0.1) is 5.92 Å². The van der Waals surface area contributed by atoms with Crippen LogP contribution in [0.4, 0.5) is 0 Å². The summed E-state index contributed by atoms with van der Waals surface area (Å²) >= 11 is 0. The number of nitrogens with two attached hydrogens (primary N) is 2. The Hall–Kier alpha value is -1.79. The van der Waals surface area contributed by atoms with Crippen molar-refractivity contribution in [3.05, 3.63) is 0 Å². The summed E-state index contributed by atoms with van der Waals surface area (Å²) in [4.78, 5) is 27.1. The zero-order valence-corrected chi connectivity index (χ0v) is 13.0. The lowest BCUT2D eigenvalue weighted by atomic mass is 9.97. The third kappa shape index (κ3) is 8.88. The van der Waals surface area contributed by atoms with Gasteiger partial charge in [0.1, 0.15) is 6.04 Å². The molecule has 0 aromatic carbocycles. The number of carbonyl (C=O) groups is 2. The molecular weight excluding hydrogens is 272 g/mol. The molecule has 0 aliphatic heterocycles. The van der Waals surface area contributed by atoms with Crippen molar-refractivity contribution in [2.75, 3.05) is 6.54 Å². The fourth-order valence-electron chi connectivity index (χ4n) is 2.02. The lowest BCUT2D eigenvalue weighted by molar-refractivity contribution is -0.142. The van der Waals surface area contributed by atoms with Crippen LogP contribution in [0.2, 0.25) is 0 Å². The fraction of sp³-hybridized carbons (Fsp3) is 0.786. The van der Waals surface area contributed by atoms with E-state index < -0.39 is 12.0 Å². The van der Waals surface area contributed by atoms with Crippen molar-refractivity contribution in [3.63, 3.8) is 0 Å². The Morgan fingerprint density at radius 1 is 1.19 bits per heavy atom. The van der Waals surface area contributed by atoms with Gasteiger partial charge in [-0.1, -0.05) is 26.7 Å². The standard InChI is InChI=1S/C14H28N4O3/c1-3-5-7-10(4-2)12(19)18-11(13(20)21)8-6-9-17-14(15)16/h10-11H,3-9H2,1-2H3,(H,18,19)(H,20,21)(H4,15,16,17). The molecule has 0 saturated heterocycles. The fourth-order valence-corrected chi connectivity index (χ4v) is 2.02. The van der Waals surface area contributed by atoms with E-state index >= 15 is 0 Å². The second-order valence-corrected chi connectivity index (χ2v) is 5.10. The minimum absolute atomic E-state index is 0.0171. The Kier molecular flexibility index (Phi) is 10.0. The van der Waals surface area contributed by atoms with Crippen LogP contribution in [-0.2, 0) is 9.59 Å². The van der Waals surface area contributed by atoms with E-state index in [2.05, 4.69) is 17.2 Å². The molecule has 0 aromatic rings. The van der Waals surface area contributed by atoms with E-state index in [0.29, 0.717) is 25.8 Å². The molecule has 122 valence electrons. The number of carbonyl (C=O) groups excluding carboxylic acids is 1. The highest BCUT2D eigenvalue weighted by atomic mass is 16.4. The van der Waals surface area contributed by atoms with Gasteiger partial charge in [-0.2, -0.15) is 0 Å². The molecule has 0 bridgehead atoms. The summed E-state index contributed by atoms with van der Waals surface area (Å²) in [6, 6.07) is -0.887. The molecule has 2 unspecified atom stereocenters. The molecule has 6 N–H and O–H groups in total. The second-order valence-electron chi connectivity index (χ2n) is 5.10. The smallest absolute Gasteiger partial charge is 0.326 e. The van der Waals surface area contributed by atoms with Crippen molar-refractivity contribution in [3.8, 4) is 0 Å². The monoisotopic (exact) mass is 300 g/mol. The number of nitrogens with one attached hydrogen (secondary N) is 1. The van der Waals surface area contributed by atoms with Gasteiger partial charge in [0.15, 0.2) is 5.96 Å². The summed E-state index contributed by atoms with van der Waals surface area (Å²) in [6.07, 6.45) is 4.30. The second kappa shape index (κ2) is 10.9. The van der Waals surface area contributed by atoms with Gasteiger partial charge >= 0.3 is 5.97 Å². The number of aliphatic imine (C=N–C) groups is 1. The number of hydrogen-bond acceptors (Lipinski definition) is 3. The molecule has 2 atom stereocenters. The molecule has 7 nitrogen and oxygen atoms in total. The van der Waals surface area contributed by atoms with Crippen molar-refractivity contribution in [1.82, 2.24) is 5.32 Å². The molecule has 0 spiro atoms. The first-order chi connectivity index (χ1) is 9.92. The third-order valence-corrected chi connectivity index (χ3v) is 3.33. The molecule has 0 aliphatic carbocycles. The number of nitrogens with zero attached hydrogens (tertiary/aromatic N) is 1. The minimum Gasteiger partial charge on any atom is -0.480 e. The topological polar surface area (TPSA) is 131 Å². The van der Waals surface area contributed by atoms with E-state index in [9.17, 15) is 9.59 Å². The molecule has 0 fully saturated rings. The van der Waals surface area contributed by atoms with Crippen LogP contribution >= 0.6 is 0 Å². The number of carboxylic acids is 1. The van der Waals surface area contributed by atoms with Crippen molar-refractivity contribution >= 4 is 17.8 Å². The third-order valence-electron chi connectivity index (χ3n) is 3.33. The first-order valence-corrected chi connectivity index (χ1v) is 7.50. The van der Waals surface area contributed by atoms with Crippen molar-refractivity contribution in [1.29, 1.82) is 0 Å². The van der Waals surface area contributed by atoms with Crippen LogP contribution in [-0.4, -0.2) is 35.5 Å². The Bertz CT molecular complexity index is 354. The zero-order chi connectivity index (χ0) is 16.3. The number of unbranched alkanes of at least 4 members (excludes halogenated alkanes) is 1.